The molecule has 0 fully saturated rings. The summed E-state index contributed by atoms with van der Waals surface area (Å²) in [5, 5.41) is 6.62. The molecule has 0 saturated heterocycles. The van der Waals surface area contributed by atoms with Crippen LogP contribution in [0.25, 0.3) is 11.1 Å². The summed E-state index contributed by atoms with van der Waals surface area (Å²) in [5.74, 6) is 1.77. The van der Waals surface area contributed by atoms with Gasteiger partial charge in [-0.15, -0.1) is 0 Å². The number of aryl methyl sites for hydroxylation is 1. The highest BCUT2D eigenvalue weighted by Gasteiger charge is 2.28. The number of nitrogens with zero attached hydrogens (tertiary/aromatic N) is 1. The molecule has 2 aromatic carbocycles. The van der Waals surface area contributed by atoms with Gasteiger partial charge < -0.3 is 24.8 Å². The Kier molecular flexibility index (Phi) is 6.79. The molecule has 0 amide bonds. The van der Waals surface area contributed by atoms with E-state index in [0.29, 0.717) is 29.5 Å². The van der Waals surface area contributed by atoms with Crippen LogP contribution in [0.4, 0.5) is 5.69 Å². The number of anilines is 1. The van der Waals surface area contributed by atoms with Gasteiger partial charge in [0.1, 0.15) is 0 Å². The van der Waals surface area contributed by atoms with Crippen LogP contribution in [0.5, 0.6) is 17.2 Å². The van der Waals surface area contributed by atoms with E-state index in [1.54, 1.807) is 33.6 Å². The third-order valence-corrected chi connectivity index (χ3v) is 6.07. The Balaban J connectivity index is 1.89. The zero-order chi connectivity index (χ0) is 23.4. The number of fused-ring (bicyclic) bond motifs is 3. The number of benzene rings is 1. The van der Waals surface area contributed by atoms with E-state index < -0.39 is 0 Å². The Morgan fingerprint density at radius 1 is 1.03 bits per heavy atom. The molecule has 1 aliphatic carbocycles. The average molecular weight is 448 g/mol. The number of nitrogens with one attached hydrogen (secondary N) is 2. The van der Waals surface area contributed by atoms with Crippen molar-refractivity contribution in [2.45, 2.75) is 25.4 Å². The predicted octanol–water partition coefficient (Wildman–Crippen LogP) is 3.95. The second-order valence-corrected chi connectivity index (χ2v) is 7.86. The Morgan fingerprint density at radius 3 is 2.52 bits per heavy atom. The van der Waals surface area contributed by atoms with Crippen molar-refractivity contribution in [2.75, 3.05) is 33.7 Å². The van der Waals surface area contributed by atoms with Gasteiger partial charge in [0.25, 0.3) is 0 Å². The maximum absolute atomic E-state index is 13.2. The van der Waals surface area contributed by atoms with Crippen molar-refractivity contribution in [1.82, 2.24) is 10.3 Å². The number of hydrogen-bond acceptors (Lipinski definition) is 7. The van der Waals surface area contributed by atoms with Crippen molar-refractivity contribution in [3.63, 3.8) is 0 Å². The summed E-state index contributed by atoms with van der Waals surface area (Å²) in [6.07, 6.45) is 3.37. The van der Waals surface area contributed by atoms with Crippen LogP contribution in [0.2, 0.25) is 0 Å². The third-order valence-electron chi connectivity index (χ3n) is 6.07. The van der Waals surface area contributed by atoms with Gasteiger partial charge in [0.2, 0.25) is 11.2 Å². The Bertz CT molecular complexity index is 1200. The minimum atomic E-state index is -0.0738. The first-order valence-corrected chi connectivity index (χ1v) is 10.9. The molecule has 1 atom stereocenters. The zero-order valence-corrected chi connectivity index (χ0v) is 19.4. The van der Waals surface area contributed by atoms with Gasteiger partial charge in [-0.1, -0.05) is 12.1 Å². The van der Waals surface area contributed by atoms with Gasteiger partial charge >= 0.3 is 0 Å². The summed E-state index contributed by atoms with van der Waals surface area (Å²) in [7, 11) is 6.76. The van der Waals surface area contributed by atoms with E-state index >= 15 is 0 Å². The number of pyridine rings is 1. The monoisotopic (exact) mass is 447 g/mol. The van der Waals surface area contributed by atoms with E-state index in [0.717, 1.165) is 40.8 Å². The molecule has 1 unspecified atom stereocenters. The van der Waals surface area contributed by atoms with Crippen molar-refractivity contribution in [3.05, 3.63) is 75.7 Å². The van der Waals surface area contributed by atoms with Crippen LogP contribution in [0, 0.1) is 0 Å². The van der Waals surface area contributed by atoms with Gasteiger partial charge in [-0.2, -0.15) is 0 Å². The molecule has 1 aliphatic rings. The number of rotatable bonds is 7. The van der Waals surface area contributed by atoms with E-state index in [2.05, 4.69) is 15.6 Å². The van der Waals surface area contributed by atoms with Gasteiger partial charge in [-0.3, -0.25) is 9.78 Å². The molecule has 7 nitrogen and oxygen atoms in total. The molecule has 0 saturated carbocycles. The van der Waals surface area contributed by atoms with Crippen LogP contribution in [0.3, 0.4) is 0 Å². The molecule has 4 rings (SSSR count). The Morgan fingerprint density at radius 2 is 1.85 bits per heavy atom. The molecule has 172 valence electrons. The first-order valence-electron chi connectivity index (χ1n) is 10.9. The van der Waals surface area contributed by atoms with Gasteiger partial charge in [0, 0.05) is 17.8 Å². The summed E-state index contributed by atoms with van der Waals surface area (Å²) >= 11 is 0. The van der Waals surface area contributed by atoms with Crippen molar-refractivity contribution in [1.29, 1.82) is 0 Å². The van der Waals surface area contributed by atoms with Crippen LogP contribution in [0.1, 0.15) is 29.3 Å². The van der Waals surface area contributed by atoms with Crippen LogP contribution in [-0.4, -0.2) is 33.4 Å². The lowest BCUT2D eigenvalue weighted by atomic mass is 9.95. The minimum absolute atomic E-state index is 0.0119. The summed E-state index contributed by atoms with van der Waals surface area (Å²) in [6.45, 7) is 0.463. The first-order chi connectivity index (χ1) is 16.1. The topological polar surface area (TPSA) is 81.7 Å². The lowest BCUT2D eigenvalue weighted by Crippen LogP contribution is -2.18. The zero-order valence-electron chi connectivity index (χ0n) is 19.4. The van der Waals surface area contributed by atoms with Gasteiger partial charge in [0.15, 0.2) is 11.5 Å². The molecule has 0 radical (unpaired) electrons. The van der Waals surface area contributed by atoms with Crippen molar-refractivity contribution < 1.29 is 14.2 Å². The normalized spacial score (nSPS) is 14.5. The summed E-state index contributed by atoms with van der Waals surface area (Å²) in [5.41, 5.74) is 5.18. The minimum Gasteiger partial charge on any atom is -0.493 e. The highest BCUT2D eigenvalue weighted by molar-refractivity contribution is 5.83. The van der Waals surface area contributed by atoms with Crippen molar-refractivity contribution in [2.24, 2.45) is 0 Å². The lowest BCUT2D eigenvalue weighted by Gasteiger charge is -2.19. The predicted molar refractivity (Wildman–Crippen MR) is 129 cm³/mol. The molecule has 7 heteroatoms. The second kappa shape index (κ2) is 9.92. The number of ether oxygens (including phenoxy) is 3. The Labute approximate surface area is 193 Å². The molecular weight excluding hydrogens is 418 g/mol. The van der Waals surface area contributed by atoms with Crippen LogP contribution >= 0.6 is 0 Å². The molecule has 0 bridgehead atoms. The molecule has 33 heavy (non-hydrogen) atoms. The largest absolute Gasteiger partial charge is 0.493 e. The van der Waals surface area contributed by atoms with E-state index in [-0.39, 0.29) is 11.5 Å². The molecule has 3 aromatic rings. The summed E-state index contributed by atoms with van der Waals surface area (Å²) in [4.78, 5) is 17.5. The van der Waals surface area contributed by atoms with E-state index in [9.17, 15) is 4.79 Å². The lowest BCUT2D eigenvalue weighted by molar-refractivity contribution is 0.324. The number of aromatic nitrogens is 1. The second-order valence-electron chi connectivity index (χ2n) is 7.86. The fourth-order valence-corrected chi connectivity index (χ4v) is 4.45. The first kappa shape index (κ1) is 22.6. The summed E-state index contributed by atoms with van der Waals surface area (Å²) < 4.78 is 17.0. The maximum atomic E-state index is 13.2. The van der Waals surface area contributed by atoms with Crippen LogP contribution in [0.15, 0.2) is 53.5 Å². The molecular formula is C26H29N3O4. The van der Waals surface area contributed by atoms with Crippen LogP contribution in [-0.2, 0) is 13.0 Å². The SMILES string of the molecule is CNC1CCc2cc(OC)c(OC)c(OC)c2-c2ccc(NCc3ccccn3)c(=O)cc21. The molecule has 0 spiro atoms. The maximum Gasteiger partial charge on any atom is 0.203 e. The van der Waals surface area contributed by atoms with Gasteiger partial charge in [0.05, 0.1) is 39.3 Å². The van der Waals surface area contributed by atoms with Gasteiger partial charge in [-0.05, 0) is 66.9 Å². The smallest absolute Gasteiger partial charge is 0.203 e. The van der Waals surface area contributed by atoms with Crippen molar-refractivity contribution in [3.8, 4) is 28.4 Å². The van der Waals surface area contributed by atoms with Gasteiger partial charge in [-0.25, -0.2) is 0 Å². The molecule has 1 heterocycles. The third kappa shape index (κ3) is 4.36. The number of hydrogen-bond donors (Lipinski definition) is 2. The number of methoxy groups -OCH3 is 3. The van der Waals surface area contributed by atoms with E-state index in [1.165, 1.54) is 0 Å². The summed E-state index contributed by atoms with van der Waals surface area (Å²) in [6, 6.07) is 13.3. The standard InChI is InChI=1S/C26H29N3O4/c1-27-20-10-8-16-13-23(31-2)25(32-3)26(33-4)24(16)18-9-11-21(22(30)14-19(18)20)29-15-17-7-5-6-12-28-17/h5-7,9,11-14,20,27H,8,10,15H2,1-4H3,(H,29,30). The van der Waals surface area contributed by atoms with E-state index in [4.69, 9.17) is 14.2 Å². The molecule has 2 N–H and O–H groups in total. The van der Waals surface area contributed by atoms with E-state index in [1.807, 2.05) is 43.4 Å². The molecule has 1 aromatic heterocycles. The highest BCUT2D eigenvalue weighted by atomic mass is 16.5. The fraction of sp³-hybridized carbons (Fsp3) is 0.308. The van der Waals surface area contributed by atoms with Crippen molar-refractivity contribution >= 4 is 5.69 Å². The quantitative estimate of drug-likeness (QED) is 0.567. The average Bonchev–Trinajstić information content (AvgIpc) is 3.09. The molecule has 0 aliphatic heterocycles. The Hall–Kier alpha value is -3.58. The fourth-order valence-electron chi connectivity index (χ4n) is 4.45. The van der Waals surface area contributed by atoms with Crippen LogP contribution < -0.4 is 30.3 Å². The highest BCUT2D eigenvalue weighted by Crippen LogP contribution is 2.50.